The first-order valence-corrected chi connectivity index (χ1v) is 10.5. The van der Waals surface area contributed by atoms with Gasteiger partial charge in [-0.05, 0) is 37.1 Å². The molecule has 1 aliphatic heterocycles. The number of rotatable bonds is 5. The fourth-order valence-electron chi connectivity index (χ4n) is 2.80. The number of aromatic nitrogens is 2. The van der Waals surface area contributed by atoms with E-state index in [1.54, 1.807) is 12.1 Å². The van der Waals surface area contributed by atoms with E-state index >= 15 is 0 Å². The largest absolute Gasteiger partial charge is 0.459 e. The molecule has 142 valence electrons. The maximum atomic E-state index is 12.8. The van der Waals surface area contributed by atoms with Crippen molar-refractivity contribution < 1.29 is 22.0 Å². The zero-order chi connectivity index (χ0) is 19.0. The van der Waals surface area contributed by atoms with Gasteiger partial charge in [-0.25, -0.2) is 8.42 Å². The van der Waals surface area contributed by atoms with Crippen molar-refractivity contribution in [3.63, 3.8) is 0 Å². The Kier molecular flexibility index (Phi) is 4.76. The third-order valence-corrected chi connectivity index (χ3v) is 7.61. The number of halogens is 1. The molecule has 0 aliphatic carbocycles. The van der Waals surface area contributed by atoms with Gasteiger partial charge in [-0.15, -0.1) is 16.4 Å². The number of thiophene rings is 1. The minimum atomic E-state index is -3.81. The van der Waals surface area contributed by atoms with Gasteiger partial charge in [0.2, 0.25) is 5.91 Å². The third-order valence-electron chi connectivity index (χ3n) is 4.00. The van der Waals surface area contributed by atoms with Crippen LogP contribution in [0.25, 0.3) is 11.7 Å². The maximum absolute atomic E-state index is 12.8. The molecule has 1 saturated heterocycles. The summed E-state index contributed by atoms with van der Waals surface area (Å²) in [5.41, 5.74) is 0. The second-order valence-corrected chi connectivity index (χ2v) is 9.54. The van der Waals surface area contributed by atoms with E-state index in [1.165, 1.54) is 22.7 Å². The van der Waals surface area contributed by atoms with Crippen LogP contribution in [0.15, 0.2) is 43.6 Å². The Bertz CT molecular complexity index is 1060. The molecule has 0 radical (unpaired) electrons. The van der Waals surface area contributed by atoms with Crippen LogP contribution in [0.1, 0.15) is 12.8 Å². The molecule has 0 bridgehead atoms. The summed E-state index contributed by atoms with van der Waals surface area (Å²) in [4.78, 5) is 12.6. The summed E-state index contributed by atoms with van der Waals surface area (Å²) in [5.74, 6) is -0.0598. The molecule has 1 atom stereocenters. The summed E-state index contributed by atoms with van der Waals surface area (Å²) in [7, 11) is -3.81. The highest BCUT2D eigenvalue weighted by molar-refractivity contribution is 7.91. The lowest BCUT2D eigenvalue weighted by atomic mass is 10.2. The van der Waals surface area contributed by atoms with Crippen molar-refractivity contribution in [3.8, 4) is 11.7 Å². The molecule has 3 aromatic rings. The zero-order valence-corrected chi connectivity index (χ0v) is 16.1. The van der Waals surface area contributed by atoms with E-state index in [1.807, 2.05) is 0 Å². The summed E-state index contributed by atoms with van der Waals surface area (Å²) >= 11 is 6.80. The third kappa shape index (κ3) is 3.50. The van der Waals surface area contributed by atoms with Crippen LogP contribution in [0, 0.1) is 0 Å². The molecule has 0 saturated carbocycles. The summed E-state index contributed by atoms with van der Waals surface area (Å²) in [6.07, 6.45) is 2.41. The van der Waals surface area contributed by atoms with Crippen molar-refractivity contribution in [1.82, 2.24) is 14.5 Å². The number of carbonyl (C=O) groups excluding carboxylic acids is 1. The quantitative estimate of drug-likeness (QED) is 0.663. The second kappa shape index (κ2) is 7.08. The van der Waals surface area contributed by atoms with Crippen molar-refractivity contribution >= 4 is 44.9 Å². The highest BCUT2D eigenvalue weighted by Gasteiger charge is 2.40. The molecule has 0 aromatic carbocycles. The lowest BCUT2D eigenvalue weighted by Crippen LogP contribution is -2.42. The van der Waals surface area contributed by atoms with Crippen LogP contribution in [-0.4, -0.2) is 41.4 Å². The van der Waals surface area contributed by atoms with Crippen molar-refractivity contribution in [2.75, 3.05) is 11.9 Å². The minimum absolute atomic E-state index is 0.102. The van der Waals surface area contributed by atoms with Crippen LogP contribution >= 0.6 is 22.9 Å². The number of hydrogen-bond donors (Lipinski definition) is 1. The van der Waals surface area contributed by atoms with Crippen molar-refractivity contribution in [2.24, 2.45) is 0 Å². The van der Waals surface area contributed by atoms with Gasteiger partial charge >= 0.3 is 6.01 Å². The van der Waals surface area contributed by atoms with Gasteiger partial charge in [-0.2, -0.15) is 4.31 Å². The van der Waals surface area contributed by atoms with Crippen LogP contribution < -0.4 is 5.32 Å². The molecule has 9 nitrogen and oxygen atoms in total. The molecule has 3 aromatic heterocycles. The van der Waals surface area contributed by atoms with Crippen LogP contribution in [0.3, 0.4) is 0 Å². The van der Waals surface area contributed by atoms with Gasteiger partial charge in [0.25, 0.3) is 15.9 Å². The summed E-state index contributed by atoms with van der Waals surface area (Å²) in [5, 5.41) is 10.0. The number of furan rings is 1. The lowest BCUT2D eigenvalue weighted by Gasteiger charge is -2.21. The number of nitrogens with one attached hydrogen (secondary N) is 1. The lowest BCUT2D eigenvalue weighted by molar-refractivity contribution is -0.119. The maximum Gasteiger partial charge on any atom is 0.322 e. The van der Waals surface area contributed by atoms with E-state index in [0.717, 1.165) is 11.3 Å². The van der Waals surface area contributed by atoms with E-state index in [4.69, 9.17) is 20.4 Å². The predicted octanol–water partition coefficient (Wildman–Crippen LogP) is 2.84. The summed E-state index contributed by atoms with van der Waals surface area (Å²) in [6.45, 7) is 0.247. The summed E-state index contributed by atoms with van der Waals surface area (Å²) in [6, 6.07) is 5.25. The number of carbonyl (C=O) groups is 1. The van der Waals surface area contributed by atoms with Gasteiger partial charge < -0.3 is 8.83 Å². The molecule has 1 fully saturated rings. The summed E-state index contributed by atoms with van der Waals surface area (Å²) < 4.78 is 37.7. The fraction of sp³-hybridized carbons (Fsp3) is 0.267. The number of amides is 1. The first kappa shape index (κ1) is 18.2. The standard InChI is InChI=1S/C15H13ClN4O5S2/c16-11-5-6-12(26-11)27(22,23)20-7-1-3-9(20)13(21)17-15-19-18-14(25-15)10-4-2-8-24-10/h2,4-6,8-9H,1,3,7H2,(H,17,19,21)/t9-/m1/s1. The van der Waals surface area contributed by atoms with E-state index in [-0.39, 0.29) is 22.7 Å². The molecule has 4 heterocycles. The van der Waals surface area contributed by atoms with Gasteiger partial charge in [-0.1, -0.05) is 16.7 Å². The monoisotopic (exact) mass is 428 g/mol. The molecule has 1 N–H and O–H groups in total. The number of anilines is 1. The molecule has 27 heavy (non-hydrogen) atoms. The Morgan fingerprint density at radius 2 is 2.19 bits per heavy atom. The molecular formula is C15H13ClN4O5S2. The molecular weight excluding hydrogens is 416 g/mol. The molecule has 12 heteroatoms. The van der Waals surface area contributed by atoms with Gasteiger partial charge in [0, 0.05) is 6.54 Å². The first-order chi connectivity index (χ1) is 12.9. The second-order valence-electron chi connectivity index (χ2n) is 5.71. The topological polar surface area (TPSA) is 119 Å². The van der Waals surface area contributed by atoms with Gasteiger partial charge in [0.1, 0.15) is 10.3 Å². The van der Waals surface area contributed by atoms with Crippen LogP contribution in [0.5, 0.6) is 0 Å². The predicted molar refractivity (Wildman–Crippen MR) is 96.9 cm³/mol. The molecule has 0 spiro atoms. The van der Waals surface area contributed by atoms with Crippen molar-refractivity contribution in [3.05, 3.63) is 34.9 Å². The molecule has 1 aliphatic rings. The average Bonchev–Trinajstić information content (AvgIpc) is 3.40. The van der Waals surface area contributed by atoms with E-state index in [9.17, 15) is 13.2 Å². The average molecular weight is 429 g/mol. The Labute approximate surface area is 163 Å². The van der Waals surface area contributed by atoms with E-state index in [2.05, 4.69) is 15.5 Å². The van der Waals surface area contributed by atoms with Gasteiger partial charge in [0.05, 0.1) is 10.6 Å². The molecule has 0 unspecified atom stereocenters. The minimum Gasteiger partial charge on any atom is -0.459 e. The highest BCUT2D eigenvalue weighted by Crippen LogP contribution is 2.32. The van der Waals surface area contributed by atoms with Crippen LogP contribution in [0.2, 0.25) is 4.34 Å². The van der Waals surface area contributed by atoms with Gasteiger partial charge in [-0.3, -0.25) is 10.1 Å². The van der Waals surface area contributed by atoms with Crippen molar-refractivity contribution in [1.29, 1.82) is 0 Å². The van der Waals surface area contributed by atoms with Crippen LogP contribution in [0.4, 0.5) is 6.01 Å². The van der Waals surface area contributed by atoms with Crippen molar-refractivity contribution in [2.45, 2.75) is 23.1 Å². The molecule has 4 rings (SSSR count). The molecule has 1 amide bonds. The van der Waals surface area contributed by atoms with Gasteiger partial charge in [0.15, 0.2) is 5.76 Å². The number of sulfonamides is 1. The first-order valence-electron chi connectivity index (χ1n) is 7.90. The zero-order valence-electron chi connectivity index (χ0n) is 13.7. The van der Waals surface area contributed by atoms with E-state index in [0.29, 0.717) is 22.9 Å². The number of hydrogen-bond acceptors (Lipinski definition) is 8. The van der Waals surface area contributed by atoms with E-state index < -0.39 is 22.0 Å². The Balaban J connectivity index is 1.51. The number of nitrogens with zero attached hydrogens (tertiary/aromatic N) is 3. The van der Waals surface area contributed by atoms with Crippen LogP contribution in [-0.2, 0) is 14.8 Å². The fourth-order valence-corrected chi connectivity index (χ4v) is 6.07. The SMILES string of the molecule is O=C(Nc1nnc(-c2ccco2)o1)[C@H]1CCCN1S(=O)(=O)c1ccc(Cl)s1. The Morgan fingerprint density at radius 1 is 1.33 bits per heavy atom. The Hall–Kier alpha value is -2.21. The normalized spacial score (nSPS) is 18.0. The highest BCUT2D eigenvalue weighted by atomic mass is 35.5. The smallest absolute Gasteiger partial charge is 0.322 e. The Morgan fingerprint density at radius 3 is 2.89 bits per heavy atom.